The van der Waals surface area contributed by atoms with E-state index in [0.29, 0.717) is 24.7 Å². The molecule has 0 aliphatic carbocycles. The molecule has 128 valence electrons. The van der Waals surface area contributed by atoms with Gasteiger partial charge in [0.15, 0.2) is 0 Å². The Balaban J connectivity index is 1.67. The van der Waals surface area contributed by atoms with Gasteiger partial charge < -0.3 is 15.0 Å². The van der Waals surface area contributed by atoms with Gasteiger partial charge in [0.1, 0.15) is 18.2 Å². The summed E-state index contributed by atoms with van der Waals surface area (Å²) in [4.78, 5) is 13.9. The highest BCUT2D eigenvalue weighted by Gasteiger charge is 2.09. The molecule has 0 saturated carbocycles. The van der Waals surface area contributed by atoms with Crippen LogP contribution in [0, 0.1) is 5.82 Å². The van der Waals surface area contributed by atoms with E-state index >= 15 is 0 Å². The summed E-state index contributed by atoms with van der Waals surface area (Å²) in [7, 11) is 1.91. The lowest BCUT2D eigenvalue weighted by molar-refractivity contribution is -0.116. The first-order valence-corrected chi connectivity index (χ1v) is 8.03. The van der Waals surface area contributed by atoms with Crippen molar-refractivity contribution in [1.82, 2.24) is 4.90 Å². The zero-order chi connectivity index (χ0) is 17.4. The molecule has 1 N–H and O–H groups in total. The Morgan fingerprint density at radius 2 is 1.96 bits per heavy atom. The highest BCUT2D eigenvalue weighted by atomic mass is 35.5. The third kappa shape index (κ3) is 6.18. The highest BCUT2D eigenvalue weighted by Crippen LogP contribution is 2.18. The van der Waals surface area contributed by atoms with Crippen LogP contribution in [0.15, 0.2) is 48.5 Å². The van der Waals surface area contributed by atoms with Crippen molar-refractivity contribution in [2.24, 2.45) is 0 Å². The van der Waals surface area contributed by atoms with Crippen molar-refractivity contribution in [1.29, 1.82) is 0 Å². The van der Waals surface area contributed by atoms with E-state index in [2.05, 4.69) is 5.32 Å². The lowest BCUT2D eigenvalue weighted by atomic mass is 10.3. The van der Waals surface area contributed by atoms with Crippen LogP contribution < -0.4 is 10.1 Å². The molecule has 6 heteroatoms. The summed E-state index contributed by atoms with van der Waals surface area (Å²) in [6, 6.07) is 13.7. The van der Waals surface area contributed by atoms with Gasteiger partial charge in [0.05, 0.1) is 5.69 Å². The molecule has 24 heavy (non-hydrogen) atoms. The number of amides is 1. The van der Waals surface area contributed by atoms with E-state index < -0.39 is 5.82 Å². The van der Waals surface area contributed by atoms with Crippen LogP contribution in [-0.4, -0.2) is 37.6 Å². The van der Waals surface area contributed by atoms with Gasteiger partial charge in [-0.3, -0.25) is 4.79 Å². The van der Waals surface area contributed by atoms with E-state index in [1.165, 1.54) is 18.2 Å². The van der Waals surface area contributed by atoms with Gasteiger partial charge in [-0.25, -0.2) is 4.39 Å². The molecule has 0 spiro atoms. The monoisotopic (exact) mass is 350 g/mol. The normalized spacial score (nSPS) is 10.7. The van der Waals surface area contributed by atoms with Crippen LogP contribution >= 0.6 is 11.6 Å². The molecule has 0 heterocycles. The van der Waals surface area contributed by atoms with E-state index in [-0.39, 0.29) is 18.0 Å². The van der Waals surface area contributed by atoms with Crippen LogP contribution in [0.25, 0.3) is 0 Å². The minimum atomic E-state index is -0.541. The van der Waals surface area contributed by atoms with Crippen molar-refractivity contribution in [3.8, 4) is 5.75 Å². The number of carbonyl (C=O) groups is 1. The number of rotatable bonds is 8. The molecule has 4 nitrogen and oxygen atoms in total. The smallest absolute Gasteiger partial charge is 0.225 e. The predicted octanol–water partition coefficient (Wildman–Crippen LogP) is 3.82. The number of benzene rings is 2. The second-order valence-electron chi connectivity index (χ2n) is 5.39. The molecule has 2 aromatic rings. The van der Waals surface area contributed by atoms with Gasteiger partial charge in [0.25, 0.3) is 0 Å². The summed E-state index contributed by atoms with van der Waals surface area (Å²) >= 11 is 5.68. The molecule has 0 aliphatic heterocycles. The van der Waals surface area contributed by atoms with Crippen LogP contribution in [0.1, 0.15) is 6.42 Å². The van der Waals surface area contributed by atoms with Crippen molar-refractivity contribution in [2.45, 2.75) is 6.42 Å². The fraction of sp³-hybridized carbons (Fsp3) is 0.278. The molecule has 1 amide bonds. The minimum Gasteiger partial charge on any atom is -0.492 e. The third-order valence-electron chi connectivity index (χ3n) is 3.41. The number of anilines is 1. The first-order chi connectivity index (χ1) is 11.5. The van der Waals surface area contributed by atoms with Gasteiger partial charge in [-0.15, -0.1) is 0 Å². The van der Waals surface area contributed by atoms with E-state index in [1.807, 2.05) is 42.3 Å². The quantitative estimate of drug-likeness (QED) is 0.787. The molecule has 0 atom stereocenters. The Kier molecular flexibility index (Phi) is 7.03. The summed E-state index contributed by atoms with van der Waals surface area (Å²) in [5, 5.41) is 2.84. The second-order valence-corrected chi connectivity index (χ2v) is 5.82. The third-order valence-corrected chi connectivity index (χ3v) is 3.65. The number of hydrogen-bond donors (Lipinski definition) is 1. The largest absolute Gasteiger partial charge is 0.492 e. The molecule has 0 aliphatic rings. The maximum absolute atomic E-state index is 13.6. The number of para-hydroxylation sites is 1. The fourth-order valence-electron chi connectivity index (χ4n) is 2.04. The van der Waals surface area contributed by atoms with Crippen LogP contribution in [0.4, 0.5) is 10.1 Å². The molecule has 0 radical (unpaired) electrons. The Labute approximate surface area is 146 Å². The van der Waals surface area contributed by atoms with Gasteiger partial charge in [0, 0.05) is 24.5 Å². The second kappa shape index (κ2) is 9.25. The summed E-state index contributed by atoms with van der Waals surface area (Å²) in [6.07, 6.45) is 0.268. The molecular weight excluding hydrogens is 331 g/mol. The molecule has 2 aromatic carbocycles. The average molecular weight is 351 g/mol. The van der Waals surface area contributed by atoms with Crippen molar-refractivity contribution in [3.05, 3.63) is 59.4 Å². The van der Waals surface area contributed by atoms with Crippen LogP contribution in [0.5, 0.6) is 5.75 Å². The van der Waals surface area contributed by atoms with Crippen LogP contribution in [-0.2, 0) is 4.79 Å². The van der Waals surface area contributed by atoms with E-state index in [0.717, 1.165) is 5.75 Å². The van der Waals surface area contributed by atoms with E-state index in [1.54, 1.807) is 0 Å². The van der Waals surface area contributed by atoms with E-state index in [4.69, 9.17) is 16.3 Å². The van der Waals surface area contributed by atoms with Crippen molar-refractivity contribution in [3.63, 3.8) is 0 Å². The maximum atomic E-state index is 13.6. The molecule has 0 bridgehead atoms. The van der Waals surface area contributed by atoms with Crippen molar-refractivity contribution >= 4 is 23.2 Å². The lowest BCUT2D eigenvalue weighted by Gasteiger charge is -2.16. The van der Waals surface area contributed by atoms with Gasteiger partial charge in [-0.05, 0) is 37.4 Å². The van der Waals surface area contributed by atoms with Crippen molar-refractivity contribution < 1.29 is 13.9 Å². The Hall–Kier alpha value is -2.11. The molecule has 0 aromatic heterocycles. The Bertz CT molecular complexity index is 667. The number of likely N-dealkylation sites (N-methyl/N-ethyl adjacent to an activating group) is 1. The molecule has 0 unspecified atom stereocenters. The number of nitrogens with one attached hydrogen (secondary N) is 1. The summed E-state index contributed by atoms with van der Waals surface area (Å²) in [5.74, 6) is 0.0365. The number of halogens is 2. The van der Waals surface area contributed by atoms with Gasteiger partial charge >= 0.3 is 0 Å². The minimum absolute atomic E-state index is 0.138. The molecule has 0 fully saturated rings. The van der Waals surface area contributed by atoms with Gasteiger partial charge in [-0.2, -0.15) is 0 Å². The zero-order valence-electron chi connectivity index (χ0n) is 13.5. The molecule has 0 saturated heterocycles. The fourth-order valence-corrected chi connectivity index (χ4v) is 2.20. The first-order valence-electron chi connectivity index (χ1n) is 7.66. The predicted molar refractivity (Wildman–Crippen MR) is 94.1 cm³/mol. The summed E-state index contributed by atoms with van der Waals surface area (Å²) in [5.41, 5.74) is 0.138. The van der Waals surface area contributed by atoms with Crippen LogP contribution in [0.3, 0.4) is 0 Å². The standard InChI is InChI=1S/C18H20ClFN2O2/c1-22(11-12-24-15-5-3-2-4-6-15)10-9-18(23)21-17-8-7-14(19)13-16(17)20/h2-8,13H,9-12H2,1H3,(H,21,23). The Morgan fingerprint density at radius 3 is 2.67 bits per heavy atom. The number of carbonyl (C=O) groups excluding carboxylic acids is 1. The summed E-state index contributed by atoms with van der Waals surface area (Å²) < 4.78 is 19.2. The number of ether oxygens (including phenoxy) is 1. The lowest BCUT2D eigenvalue weighted by Crippen LogP contribution is -2.28. The molecule has 2 rings (SSSR count). The maximum Gasteiger partial charge on any atom is 0.225 e. The topological polar surface area (TPSA) is 41.6 Å². The number of hydrogen-bond acceptors (Lipinski definition) is 3. The first kappa shape index (κ1) is 18.2. The average Bonchev–Trinajstić information content (AvgIpc) is 2.56. The molecular formula is C18H20ClFN2O2. The van der Waals surface area contributed by atoms with Gasteiger partial charge in [-0.1, -0.05) is 29.8 Å². The highest BCUT2D eigenvalue weighted by molar-refractivity contribution is 6.30. The van der Waals surface area contributed by atoms with Crippen molar-refractivity contribution in [2.75, 3.05) is 32.1 Å². The summed E-state index contributed by atoms with van der Waals surface area (Å²) in [6.45, 7) is 1.78. The number of nitrogens with zero attached hydrogens (tertiary/aromatic N) is 1. The zero-order valence-corrected chi connectivity index (χ0v) is 14.2. The SMILES string of the molecule is CN(CCOc1ccccc1)CCC(=O)Nc1ccc(Cl)cc1F. The Morgan fingerprint density at radius 1 is 1.21 bits per heavy atom. The van der Waals surface area contributed by atoms with E-state index in [9.17, 15) is 9.18 Å². The van der Waals surface area contributed by atoms with Crippen LogP contribution in [0.2, 0.25) is 5.02 Å². The van der Waals surface area contributed by atoms with Gasteiger partial charge in [0.2, 0.25) is 5.91 Å².